The minimum atomic E-state index is 0.230. The molecule has 1 fully saturated rings. The molecule has 2 rings (SSSR count). The Morgan fingerprint density at radius 2 is 2.00 bits per heavy atom. The summed E-state index contributed by atoms with van der Waals surface area (Å²) in [6, 6.07) is 2.03. The number of carbonyl (C=O) groups is 1. The first kappa shape index (κ1) is 11.6. The summed E-state index contributed by atoms with van der Waals surface area (Å²) in [5, 5.41) is 0. The first-order valence-electron chi connectivity index (χ1n) is 5.94. The van der Waals surface area contributed by atoms with Crippen molar-refractivity contribution in [2.24, 2.45) is 5.92 Å². The molecule has 0 atom stereocenters. The number of hydrogen-bond donors (Lipinski definition) is 0. The Balaban J connectivity index is 2.10. The van der Waals surface area contributed by atoms with Gasteiger partial charge in [-0.25, -0.2) is 0 Å². The number of thiophene rings is 1. The molecule has 1 aromatic heterocycles. The average Bonchev–Trinajstić information content (AvgIpc) is 2.58. The average molecular weight is 237 g/mol. The molecule has 16 heavy (non-hydrogen) atoms. The van der Waals surface area contributed by atoms with Gasteiger partial charge in [0.05, 0.1) is 5.56 Å². The van der Waals surface area contributed by atoms with Gasteiger partial charge < -0.3 is 4.90 Å². The van der Waals surface area contributed by atoms with Crippen LogP contribution in [-0.2, 0) is 0 Å². The number of piperidine rings is 1. The fourth-order valence-corrected chi connectivity index (χ4v) is 3.14. The van der Waals surface area contributed by atoms with E-state index in [4.69, 9.17) is 0 Å². The zero-order chi connectivity index (χ0) is 11.7. The second-order valence-corrected chi connectivity index (χ2v) is 6.26. The van der Waals surface area contributed by atoms with Crippen molar-refractivity contribution < 1.29 is 4.79 Å². The van der Waals surface area contributed by atoms with Crippen molar-refractivity contribution >= 4 is 17.2 Å². The smallest absolute Gasteiger partial charge is 0.254 e. The highest BCUT2D eigenvalue weighted by Gasteiger charge is 2.23. The summed E-state index contributed by atoms with van der Waals surface area (Å²) in [6.45, 7) is 8.22. The molecule has 1 amide bonds. The normalized spacial score (nSPS) is 17.8. The Morgan fingerprint density at radius 3 is 2.50 bits per heavy atom. The maximum atomic E-state index is 12.3. The third-order valence-corrected chi connectivity index (χ3v) is 4.31. The first-order chi connectivity index (χ1) is 7.58. The SMILES string of the molecule is Cc1cc(C(=O)N2CCC(C)CC2)c(C)s1. The van der Waals surface area contributed by atoms with E-state index in [0.717, 1.165) is 42.3 Å². The molecule has 1 saturated heterocycles. The molecule has 3 heteroatoms. The summed E-state index contributed by atoms with van der Waals surface area (Å²) in [5.74, 6) is 1.00. The summed E-state index contributed by atoms with van der Waals surface area (Å²) >= 11 is 1.71. The molecule has 0 aromatic carbocycles. The second-order valence-electron chi connectivity index (χ2n) is 4.80. The summed E-state index contributed by atoms with van der Waals surface area (Å²) in [6.07, 6.45) is 2.29. The van der Waals surface area contributed by atoms with E-state index < -0.39 is 0 Å². The molecule has 0 unspecified atom stereocenters. The Hall–Kier alpha value is -0.830. The minimum Gasteiger partial charge on any atom is -0.339 e. The predicted molar refractivity (Wildman–Crippen MR) is 68.1 cm³/mol. The van der Waals surface area contributed by atoms with Gasteiger partial charge in [0, 0.05) is 22.8 Å². The predicted octanol–water partition coefficient (Wildman–Crippen LogP) is 3.24. The molecule has 0 spiro atoms. The van der Waals surface area contributed by atoms with E-state index in [9.17, 15) is 4.79 Å². The van der Waals surface area contributed by atoms with Gasteiger partial charge in [0.15, 0.2) is 0 Å². The molecule has 2 heterocycles. The van der Waals surface area contributed by atoms with Crippen LogP contribution in [-0.4, -0.2) is 23.9 Å². The van der Waals surface area contributed by atoms with Gasteiger partial charge in [0.2, 0.25) is 0 Å². The van der Waals surface area contributed by atoms with Crippen molar-refractivity contribution in [1.82, 2.24) is 4.90 Å². The van der Waals surface area contributed by atoms with Gasteiger partial charge in [-0.05, 0) is 38.7 Å². The van der Waals surface area contributed by atoms with Crippen molar-refractivity contribution in [2.75, 3.05) is 13.1 Å². The van der Waals surface area contributed by atoms with Gasteiger partial charge in [-0.3, -0.25) is 4.79 Å². The van der Waals surface area contributed by atoms with E-state index in [0.29, 0.717) is 0 Å². The van der Waals surface area contributed by atoms with E-state index in [-0.39, 0.29) is 5.91 Å². The molecular weight excluding hydrogens is 218 g/mol. The molecule has 1 aliphatic heterocycles. The fourth-order valence-electron chi connectivity index (χ4n) is 2.23. The summed E-state index contributed by atoms with van der Waals surface area (Å²) in [4.78, 5) is 16.7. The lowest BCUT2D eigenvalue weighted by Crippen LogP contribution is -2.37. The highest BCUT2D eigenvalue weighted by atomic mass is 32.1. The molecule has 1 aliphatic rings. The van der Waals surface area contributed by atoms with Crippen LogP contribution in [0.25, 0.3) is 0 Å². The third-order valence-electron chi connectivity index (χ3n) is 3.34. The Morgan fingerprint density at radius 1 is 1.38 bits per heavy atom. The number of likely N-dealkylation sites (tertiary alicyclic amines) is 1. The van der Waals surface area contributed by atoms with Crippen LogP contribution in [0.15, 0.2) is 6.07 Å². The van der Waals surface area contributed by atoms with Crippen LogP contribution in [0.5, 0.6) is 0 Å². The molecular formula is C13H19NOS. The van der Waals surface area contributed by atoms with Crippen molar-refractivity contribution in [3.05, 3.63) is 21.4 Å². The van der Waals surface area contributed by atoms with E-state index >= 15 is 0 Å². The molecule has 0 N–H and O–H groups in total. The van der Waals surface area contributed by atoms with E-state index in [1.807, 2.05) is 17.9 Å². The second kappa shape index (κ2) is 4.58. The van der Waals surface area contributed by atoms with Gasteiger partial charge in [0.25, 0.3) is 5.91 Å². The maximum absolute atomic E-state index is 12.3. The number of amides is 1. The Kier molecular flexibility index (Phi) is 3.33. The molecule has 0 saturated carbocycles. The van der Waals surface area contributed by atoms with Crippen molar-refractivity contribution in [2.45, 2.75) is 33.6 Å². The highest BCUT2D eigenvalue weighted by molar-refractivity contribution is 7.12. The molecule has 0 bridgehead atoms. The zero-order valence-corrected chi connectivity index (χ0v) is 11.1. The number of aryl methyl sites for hydroxylation is 2. The molecule has 88 valence electrons. The van der Waals surface area contributed by atoms with Crippen molar-refractivity contribution in [3.63, 3.8) is 0 Å². The van der Waals surface area contributed by atoms with Crippen LogP contribution in [0.2, 0.25) is 0 Å². The van der Waals surface area contributed by atoms with Crippen molar-refractivity contribution in [3.8, 4) is 0 Å². The molecule has 0 radical (unpaired) electrons. The van der Waals surface area contributed by atoms with Gasteiger partial charge in [-0.1, -0.05) is 6.92 Å². The fraction of sp³-hybridized carbons (Fsp3) is 0.615. The quantitative estimate of drug-likeness (QED) is 0.734. The van der Waals surface area contributed by atoms with Crippen LogP contribution < -0.4 is 0 Å². The van der Waals surface area contributed by atoms with Gasteiger partial charge in [-0.15, -0.1) is 11.3 Å². The third kappa shape index (κ3) is 2.29. The van der Waals surface area contributed by atoms with Gasteiger partial charge >= 0.3 is 0 Å². The number of hydrogen-bond acceptors (Lipinski definition) is 2. The zero-order valence-electron chi connectivity index (χ0n) is 10.2. The largest absolute Gasteiger partial charge is 0.339 e. The van der Waals surface area contributed by atoms with Gasteiger partial charge in [-0.2, -0.15) is 0 Å². The molecule has 2 nitrogen and oxygen atoms in total. The Bertz CT molecular complexity index is 389. The van der Waals surface area contributed by atoms with E-state index in [1.54, 1.807) is 11.3 Å². The monoisotopic (exact) mass is 237 g/mol. The Labute approximate surface area is 101 Å². The highest BCUT2D eigenvalue weighted by Crippen LogP contribution is 2.24. The number of carbonyl (C=O) groups excluding carboxylic acids is 1. The lowest BCUT2D eigenvalue weighted by molar-refractivity contribution is 0.0697. The van der Waals surface area contributed by atoms with Crippen LogP contribution in [0.3, 0.4) is 0 Å². The van der Waals surface area contributed by atoms with Crippen LogP contribution >= 0.6 is 11.3 Å². The van der Waals surface area contributed by atoms with Gasteiger partial charge in [0.1, 0.15) is 0 Å². The molecule has 0 aliphatic carbocycles. The van der Waals surface area contributed by atoms with E-state index in [2.05, 4.69) is 13.8 Å². The summed E-state index contributed by atoms with van der Waals surface area (Å²) in [5.41, 5.74) is 0.914. The van der Waals surface area contributed by atoms with E-state index in [1.165, 1.54) is 4.88 Å². The van der Waals surface area contributed by atoms with Crippen LogP contribution in [0.4, 0.5) is 0 Å². The maximum Gasteiger partial charge on any atom is 0.254 e. The molecule has 1 aromatic rings. The van der Waals surface area contributed by atoms with Crippen LogP contribution in [0.1, 0.15) is 39.9 Å². The van der Waals surface area contributed by atoms with Crippen LogP contribution in [0, 0.1) is 19.8 Å². The summed E-state index contributed by atoms with van der Waals surface area (Å²) < 4.78 is 0. The minimum absolute atomic E-state index is 0.230. The number of rotatable bonds is 1. The topological polar surface area (TPSA) is 20.3 Å². The standard InChI is InChI=1S/C13H19NOS/c1-9-4-6-14(7-5-9)13(15)12-8-10(2)16-11(12)3/h8-9H,4-7H2,1-3H3. The first-order valence-corrected chi connectivity index (χ1v) is 6.76. The lowest BCUT2D eigenvalue weighted by Gasteiger charge is -2.30. The van der Waals surface area contributed by atoms with Crippen molar-refractivity contribution in [1.29, 1.82) is 0 Å². The number of nitrogens with zero attached hydrogens (tertiary/aromatic N) is 1. The summed E-state index contributed by atoms with van der Waals surface area (Å²) in [7, 11) is 0. The lowest BCUT2D eigenvalue weighted by atomic mass is 9.99.